The van der Waals surface area contributed by atoms with E-state index < -0.39 is 6.29 Å². The van der Waals surface area contributed by atoms with Crippen LogP contribution >= 0.6 is 11.3 Å². The van der Waals surface area contributed by atoms with Crippen molar-refractivity contribution in [3.8, 4) is 21.9 Å². The van der Waals surface area contributed by atoms with Crippen LogP contribution in [0.5, 0.6) is 11.5 Å². The molecule has 6 nitrogen and oxygen atoms in total. The topological polar surface area (TPSA) is 72.8 Å². The molecule has 0 atom stereocenters. The minimum atomic E-state index is -3.67. The molecule has 0 fully saturated rings. The Morgan fingerprint density at radius 3 is 2.79 bits per heavy atom. The second-order valence-corrected chi connectivity index (χ2v) is 7.17. The first-order chi connectivity index (χ1) is 13.5. The Bertz CT molecular complexity index is 1130. The van der Waals surface area contributed by atoms with Crippen molar-refractivity contribution in [3.63, 3.8) is 0 Å². The van der Waals surface area contributed by atoms with E-state index in [1.165, 1.54) is 18.3 Å². The third kappa shape index (κ3) is 2.99. The standard InChI is InChI=1S/C19H11F2N3O3S/c20-19(21)26-14-5-10-6-17(23-13(10)7-15(14)27-19)24-18(25)12-4-11(8-22-9-12)16-2-1-3-28-16/h1-5,7-9H,6H2,(H,23,24,25). The number of amidine groups is 1. The van der Waals surface area contributed by atoms with Crippen LogP contribution in [0.25, 0.3) is 10.4 Å². The first-order valence-corrected chi connectivity index (χ1v) is 9.15. The third-order valence-electron chi connectivity index (χ3n) is 4.28. The molecule has 28 heavy (non-hydrogen) atoms. The molecule has 0 bridgehead atoms. The molecule has 9 heteroatoms. The molecule has 0 aliphatic carbocycles. The van der Waals surface area contributed by atoms with Gasteiger partial charge in [0.2, 0.25) is 0 Å². The Labute approximate surface area is 161 Å². The van der Waals surface area contributed by atoms with Gasteiger partial charge in [0.15, 0.2) is 11.5 Å². The van der Waals surface area contributed by atoms with Crippen LogP contribution in [0.15, 0.2) is 53.1 Å². The fourth-order valence-electron chi connectivity index (χ4n) is 3.06. The fourth-order valence-corrected chi connectivity index (χ4v) is 3.76. The normalized spacial score (nSPS) is 15.9. The minimum absolute atomic E-state index is 0.0422. The van der Waals surface area contributed by atoms with E-state index in [1.807, 2.05) is 17.5 Å². The molecule has 0 saturated carbocycles. The van der Waals surface area contributed by atoms with Crippen molar-refractivity contribution in [3.05, 3.63) is 59.2 Å². The van der Waals surface area contributed by atoms with Crippen LogP contribution in [0.1, 0.15) is 15.9 Å². The van der Waals surface area contributed by atoms with Crippen LogP contribution < -0.4 is 14.8 Å². The second-order valence-electron chi connectivity index (χ2n) is 6.22. The molecule has 0 saturated heterocycles. The molecule has 4 heterocycles. The number of halogens is 2. The zero-order valence-corrected chi connectivity index (χ0v) is 14.9. The van der Waals surface area contributed by atoms with Gasteiger partial charge in [-0.2, -0.15) is 0 Å². The van der Waals surface area contributed by atoms with Gasteiger partial charge in [0, 0.05) is 35.3 Å². The highest BCUT2D eigenvalue weighted by atomic mass is 32.1. The lowest BCUT2D eigenvalue weighted by Gasteiger charge is -2.06. The van der Waals surface area contributed by atoms with Crippen LogP contribution in [0.2, 0.25) is 0 Å². The Morgan fingerprint density at radius 2 is 2.00 bits per heavy atom. The molecule has 0 spiro atoms. The number of benzene rings is 1. The summed E-state index contributed by atoms with van der Waals surface area (Å²) in [7, 11) is 0. The van der Waals surface area contributed by atoms with Gasteiger partial charge in [-0.25, -0.2) is 4.99 Å². The van der Waals surface area contributed by atoms with Crippen molar-refractivity contribution in [1.29, 1.82) is 0 Å². The number of carbonyl (C=O) groups is 1. The summed E-state index contributed by atoms with van der Waals surface area (Å²) in [6.07, 6.45) is -0.198. The molecule has 1 N–H and O–H groups in total. The zero-order valence-electron chi connectivity index (χ0n) is 14.1. The average Bonchev–Trinajstić information content (AvgIpc) is 3.36. The fraction of sp³-hybridized carbons (Fsp3) is 0.105. The smallest absolute Gasteiger partial charge is 0.395 e. The molecule has 2 aliphatic heterocycles. The predicted octanol–water partition coefficient (Wildman–Crippen LogP) is 4.15. The lowest BCUT2D eigenvalue weighted by atomic mass is 10.1. The van der Waals surface area contributed by atoms with E-state index >= 15 is 0 Å². The van der Waals surface area contributed by atoms with Gasteiger partial charge in [-0.15, -0.1) is 20.1 Å². The van der Waals surface area contributed by atoms with Crippen LogP contribution in [0.4, 0.5) is 14.5 Å². The summed E-state index contributed by atoms with van der Waals surface area (Å²) in [6, 6.07) is 8.47. The van der Waals surface area contributed by atoms with Crippen LogP contribution in [0, 0.1) is 0 Å². The van der Waals surface area contributed by atoms with E-state index in [1.54, 1.807) is 23.6 Å². The van der Waals surface area contributed by atoms with Crippen molar-refractivity contribution in [2.45, 2.75) is 12.7 Å². The SMILES string of the molecule is O=C(NC1=Nc2cc3c(cc2C1)OC(F)(F)O3)c1cncc(-c2cccs2)c1. The van der Waals surface area contributed by atoms with Gasteiger partial charge in [-0.1, -0.05) is 6.07 Å². The van der Waals surface area contributed by atoms with E-state index in [0.29, 0.717) is 29.1 Å². The van der Waals surface area contributed by atoms with E-state index in [4.69, 9.17) is 0 Å². The Kier molecular flexibility index (Phi) is 3.66. The van der Waals surface area contributed by atoms with E-state index in [0.717, 1.165) is 10.4 Å². The largest absolute Gasteiger partial charge is 0.586 e. The first kappa shape index (κ1) is 16.8. The number of pyridine rings is 1. The maximum absolute atomic E-state index is 13.2. The Morgan fingerprint density at radius 1 is 1.18 bits per heavy atom. The molecule has 0 radical (unpaired) electrons. The monoisotopic (exact) mass is 399 g/mol. The summed E-state index contributed by atoms with van der Waals surface area (Å²) in [5, 5.41) is 4.70. The summed E-state index contributed by atoms with van der Waals surface area (Å²) in [6.45, 7) is 0. The number of aromatic nitrogens is 1. The van der Waals surface area contributed by atoms with Gasteiger partial charge in [-0.3, -0.25) is 9.78 Å². The highest BCUT2D eigenvalue weighted by molar-refractivity contribution is 7.13. The molecule has 2 aliphatic rings. The van der Waals surface area contributed by atoms with Gasteiger partial charge in [-0.05, 0) is 29.1 Å². The molecule has 3 aromatic rings. The first-order valence-electron chi connectivity index (χ1n) is 8.27. The summed E-state index contributed by atoms with van der Waals surface area (Å²) in [4.78, 5) is 22.0. The maximum atomic E-state index is 13.2. The number of fused-ring (bicyclic) bond motifs is 2. The number of nitrogens with zero attached hydrogens (tertiary/aromatic N) is 2. The number of amides is 1. The van der Waals surface area contributed by atoms with Gasteiger partial charge >= 0.3 is 6.29 Å². The predicted molar refractivity (Wildman–Crippen MR) is 98.5 cm³/mol. The number of alkyl halides is 2. The van der Waals surface area contributed by atoms with Gasteiger partial charge in [0.05, 0.1) is 11.3 Å². The van der Waals surface area contributed by atoms with Crippen molar-refractivity contribution < 1.29 is 23.0 Å². The molecule has 5 rings (SSSR count). The number of hydrogen-bond acceptors (Lipinski definition) is 6. The molecule has 1 amide bonds. The number of nitrogens with one attached hydrogen (secondary N) is 1. The van der Waals surface area contributed by atoms with Crippen LogP contribution in [-0.4, -0.2) is 23.0 Å². The molecule has 1 aromatic carbocycles. The number of thiophene rings is 1. The third-order valence-corrected chi connectivity index (χ3v) is 5.20. The molecule has 140 valence electrons. The van der Waals surface area contributed by atoms with Crippen molar-refractivity contribution >= 4 is 28.8 Å². The Hall–Kier alpha value is -3.33. The zero-order chi connectivity index (χ0) is 19.3. The van der Waals surface area contributed by atoms with Crippen molar-refractivity contribution in [1.82, 2.24) is 10.3 Å². The number of carbonyl (C=O) groups excluding carboxylic acids is 1. The molecular formula is C19H11F2N3O3S. The molecule has 2 aromatic heterocycles. The number of rotatable bonds is 2. The van der Waals surface area contributed by atoms with E-state index in [9.17, 15) is 13.6 Å². The maximum Gasteiger partial charge on any atom is 0.586 e. The van der Waals surface area contributed by atoms with Crippen molar-refractivity contribution in [2.75, 3.05) is 0 Å². The second kappa shape index (κ2) is 6.10. The van der Waals surface area contributed by atoms with Crippen molar-refractivity contribution in [2.24, 2.45) is 4.99 Å². The highest BCUT2D eigenvalue weighted by Gasteiger charge is 2.44. The summed E-state index contributed by atoms with van der Waals surface area (Å²) in [5.41, 5.74) is 2.38. The Balaban J connectivity index is 1.34. The van der Waals surface area contributed by atoms with Crippen LogP contribution in [-0.2, 0) is 6.42 Å². The van der Waals surface area contributed by atoms with E-state index in [2.05, 4.69) is 24.8 Å². The molecule has 0 unspecified atom stereocenters. The molecular weight excluding hydrogens is 388 g/mol. The van der Waals surface area contributed by atoms with E-state index in [-0.39, 0.29) is 17.4 Å². The average molecular weight is 399 g/mol. The number of hydrogen-bond donors (Lipinski definition) is 1. The van der Waals surface area contributed by atoms with Gasteiger partial charge in [0.25, 0.3) is 5.91 Å². The summed E-state index contributed by atoms with van der Waals surface area (Å²) in [5.74, 6) is -0.0479. The number of ether oxygens (including phenoxy) is 2. The quantitative estimate of drug-likeness (QED) is 0.703. The van der Waals surface area contributed by atoms with Gasteiger partial charge in [0.1, 0.15) is 5.84 Å². The lowest BCUT2D eigenvalue weighted by molar-refractivity contribution is -0.286. The van der Waals surface area contributed by atoms with Crippen LogP contribution in [0.3, 0.4) is 0 Å². The lowest BCUT2D eigenvalue weighted by Crippen LogP contribution is -2.30. The minimum Gasteiger partial charge on any atom is -0.395 e. The number of aliphatic imine (C=N–C) groups is 1. The summed E-state index contributed by atoms with van der Waals surface area (Å²) < 4.78 is 35.2. The summed E-state index contributed by atoms with van der Waals surface area (Å²) >= 11 is 1.56. The van der Waals surface area contributed by atoms with Gasteiger partial charge < -0.3 is 14.8 Å². The highest BCUT2D eigenvalue weighted by Crippen LogP contribution is 2.45.